The zero-order valence-corrected chi connectivity index (χ0v) is 11.7. The Balaban J connectivity index is 1.89. The molecule has 2 heterocycles. The number of ether oxygens (including phenoxy) is 2. The summed E-state index contributed by atoms with van der Waals surface area (Å²) in [5, 5.41) is 0. The van der Waals surface area contributed by atoms with Crippen LogP contribution in [0.25, 0.3) is 11.3 Å². The van der Waals surface area contributed by atoms with Crippen LogP contribution in [0.4, 0.5) is 0 Å². The molecule has 1 atom stereocenters. The summed E-state index contributed by atoms with van der Waals surface area (Å²) in [5.74, 6) is 2.72. The molecule has 0 fully saturated rings. The average Bonchev–Trinajstić information content (AvgIpc) is 2.95. The van der Waals surface area contributed by atoms with E-state index in [9.17, 15) is 0 Å². The number of H-pyrrole nitrogens is 1. The van der Waals surface area contributed by atoms with Gasteiger partial charge in [-0.1, -0.05) is 13.8 Å². The lowest BCUT2D eigenvalue weighted by molar-refractivity contribution is 0.171. The van der Waals surface area contributed by atoms with Crippen molar-refractivity contribution >= 4 is 0 Å². The van der Waals surface area contributed by atoms with Crippen LogP contribution >= 0.6 is 0 Å². The third-order valence-corrected chi connectivity index (χ3v) is 3.48. The number of nitrogens with zero attached hydrogens (tertiary/aromatic N) is 1. The van der Waals surface area contributed by atoms with Gasteiger partial charge in [-0.2, -0.15) is 0 Å². The Labute approximate surface area is 118 Å². The number of benzene rings is 1. The highest BCUT2D eigenvalue weighted by Crippen LogP contribution is 2.34. The van der Waals surface area contributed by atoms with E-state index in [4.69, 9.17) is 15.2 Å². The highest BCUT2D eigenvalue weighted by Gasteiger charge is 2.16. The third-order valence-electron chi connectivity index (χ3n) is 3.48. The Kier molecular flexibility index (Phi) is 3.36. The molecule has 0 bridgehead atoms. The Hall–Kier alpha value is -2.01. The molecule has 5 nitrogen and oxygen atoms in total. The molecule has 0 radical (unpaired) electrons. The number of imidazole rings is 1. The van der Waals surface area contributed by atoms with Crippen molar-refractivity contribution in [1.82, 2.24) is 9.97 Å². The maximum atomic E-state index is 6.10. The Morgan fingerprint density at radius 3 is 2.70 bits per heavy atom. The molecule has 0 spiro atoms. The van der Waals surface area contributed by atoms with Gasteiger partial charge in [-0.3, -0.25) is 0 Å². The molecule has 5 heteroatoms. The molecule has 1 unspecified atom stereocenters. The highest BCUT2D eigenvalue weighted by atomic mass is 16.6. The third kappa shape index (κ3) is 2.36. The summed E-state index contributed by atoms with van der Waals surface area (Å²) in [6.45, 7) is 5.35. The lowest BCUT2D eigenvalue weighted by atomic mass is 10.1. The van der Waals surface area contributed by atoms with Crippen molar-refractivity contribution in [2.45, 2.75) is 19.9 Å². The molecule has 1 aromatic heterocycles. The van der Waals surface area contributed by atoms with Crippen molar-refractivity contribution in [3.8, 4) is 22.8 Å². The van der Waals surface area contributed by atoms with Crippen molar-refractivity contribution < 1.29 is 9.47 Å². The summed E-state index contributed by atoms with van der Waals surface area (Å²) in [6, 6.07) is 5.80. The van der Waals surface area contributed by atoms with Crippen molar-refractivity contribution in [2.24, 2.45) is 11.7 Å². The van der Waals surface area contributed by atoms with Crippen LogP contribution in [0.3, 0.4) is 0 Å². The van der Waals surface area contributed by atoms with E-state index in [2.05, 4.69) is 23.8 Å². The van der Waals surface area contributed by atoms with E-state index in [-0.39, 0.29) is 6.04 Å². The minimum absolute atomic E-state index is 0.0824. The first-order valence-electron chi connectivity index (χ1n) is 6.85. The minimum Gasteiger partial charge on any atom is -0.486 e. The first kappa shape index (κ1) is 13.0. The molecule has 1 aliphatic rings. The summed E-state index contributed by atoms with van der Waals surface area (Å²) in [5.41, 5.74) is 8.06. The fourth-order valence-electron chi connectivity index (χ4n) is 2.18. The normalized spacial score (nSPS) is 15.4. The van der Waals surface area contributed by atoms with Gasteiger partial charge in [0.1, 0.15) is 19.0 Å². The molecule has 0 aliphatic carbocycles. The molecular weight excluding hydrogens is 254 g/mol. The number of fused-ring (bicyclic) bond motifs is 1. The lowest BCUT2D eigenvalue weighted by Gasteiger charge is -2.18. The molecule has 3 rings (SSSR count). The molecule has 2 aromatic rings. The van der Waals surface area contributed by atoms with E-state index in [1.54, 1.807) is 0 Å². The van der Waals surface area contributed by atoms with E-state index in [0.29, 0.717) is 19.1 Å². The molecule has 20 heavy (non-hydrogen) atoms. The van der Waals surface area contributed by atoms with Gasteiger partial charge >= 0.3 is 0 Å². The number of aromatic nitrogens is 2. The number of aromatic amines is 1. The molecular formula is C15H19N3O2. The van der Waals surface area contributed by atoms with Gasteiger partial charge in [-0.05, 0) is 24.1 Å². The van der Waals surface area contributed by atoms with Gasteiger partial charge in [-0.25, -0.2) is 4.98 Å². The van der Waals surface area contributed by atoms with Crippen LogP contribution in [-0.4, -0.2) is 23.2 Å². The Bertz CT molecular complexity index is 607. The number of hydrogen-bond donors (Lipinski definition) is 2. The molecule has 0 saturated carbocycles. The van der Waals surface area contributed by atoms with Gasteiger partial charge < -0.3 is 20.2 Å². The van der Waals surface area contributed by atoms with E-state index in [1.165, 1.54) is 0 Å². The first-order chi connectivity index (χ1) is 9.65. The molecule has 0 amide bonds. The second-order valence-corrected chi connectivity index (χ2v) is 5.31. The fraction of sp³-hybridized carbons (Fsp3) is 0.400. The monoisotopic (exact) mass is 273 g/mol. The molecule has 3 N–H and O–H groups in total. The van der Waals surface area contributed by atoms with Gasteiger partial charge in [0.05, 0.1) is 17.9 Å². The molecule has 0 saturated heterocycles. The largest absolute Gasteiger partial charge is 0.486 e. The van der Waals surface area contributed by atoms with Crippen LogP contribution in [0.15, 0.2) is 24.4 Å². The number of nitrogens with two attached hydrogens (primary N) is 1. The highest BCUT2D eigenvalue weighted by molar-refractivity contribution is 5.63. The molecule has 1 aromatic carbocycles. The SMILES string of the molecule is CC(C)C(N)c1ncc(-c2ccc3c(c2)OCCO3)[nH]1. The summed E-state index contributed by atoms with van der Waals surface area (Å²) >= 11 is 0. The van der Waals surface area contributed by atoms with Gasteiger partial charge in [0.25, 0.3) is 0 Å². The standard InChI is InChI=1S/C15H19N3O2/c1-9(2)14(16)15-17-8-11(18-15)10-3-4-12-13(7-10)20-6-5-19-12/h3-4,7-9,14H,5-6,16H2,1-2H3,(H,17,18). The first-order valence-corrected chi connectivity index (χ1v) is 6.85. The predicted molar refractivity (Wildman–Crippen MR) is 76.8 cm³/mol. The second-order valence-electron chi connectivity index (χ2n) is 5.31. The minimum atomic E-state index is -0.0824. The zero-order valence-electron chi connectivity index (χ0n) is 11.7. The van der Waals surface area contributed by atoms with Crippen molar-refractivity contribution in [3.63, 3.8) is 0 Å². The van der Waals surface area contributed by atoms with Gasteiger partial charge in [-0.15, -0.1) is 0 Å². The summed E-state index contributed by atoms with van der Waals surface area (Å²) in [6.07, 6.45) is 1.81. The van der Waals surface area contributed by atoms with Crippen LogP contribution in [0.5, 0.6) is 11.5 Å². The number of nitrogens with one attached hydrogen (secondary N) is 1. The summed E-state index contributed by atoms with van der Waals surface area (Å²) in [7, 11) is 0. The van der Waals surface area contributed by atoms with E-state index < -0.39 is 0 Å². The summed E-state index contributed by atoms with van der Waals surface area (Å²) < 4.78 is 11.1. The predicted octanol–water partition coefficient (Wildman–Crippen LogP) is 2.50. The quantitative estimate of drug-likeness (QED) is 0.901. The number of rotatable bonds is 3. The maximum Gasteiger partial charge on any atom is 0.162 e. The van der Waals surface area contributed by atoms with Crippen molar-refractivity contribution in [2.75, 3.05) is 13.2 Å². The lowest BCUT2D eigenvalue weighted by Crippen LogP contribution is -2.18. The van der Waals surface area contributed by atoms with Crippen LogP contribution in [0.1, 0.15) is 25.7 Å². The van der Waals surface area contributed by atoms with Crippen molar-refractivity contribution in [3.05, 3.63) is 30.2 Å². The van der Waals surface area contributed by atoms with Crippen LogP contribution in [-0.2, 0) is 0 Å². The van der Waals surface area contributed by atoms with E-state index in [0.717, 1.165) is 28.6 Å². The Morgan fingerprint density at radius 1 is 1.20 bits per heavy atom. The number of hydrogen-bond acceptors (Lipinski definition) is 4. The van der Waals surface area contributed by atoms with Gasteiger partial charge in [0.15, 0.2) is 11.5 Å². The smallest absolute Gasteiger partial charge is 0.162 e. The van der Waals surface area contributed by atoms with Crippen LogP contribution < -0.4 is 15.2 Å². The molecule has 1 aliphatic heterocycles. The maximum absolute atomic E-state index is 6.10. The average molecular weight is 273 g/mol. The molecule has 106 valence electrons. The van der Waals surface area contributed by atoms with Crippen molar-refractivity contribution in [1.29, 1.82) is 0 Å². The topological polar surface area (TPSA) is 73.2 Å². The van der Waals surface area contributed by atoms with Gasteiger partial charge in [0, 0.05) is 5.56 Å². The van der Waals surface area contributed by atoms with E-state index >= 15 is 0 Å². The summed E-state index contributed by atoms with van der Waals surface area (Å²) in [4.78, 5) is 7.66. The van der Waals surface area contributed by atoms with Gasteiger partial charge in [0.2, 0.25) is 0 Å². The fourth-order valence-corrected chi connectivity index (χ4v) is 2.18. The van der Waals surface area contributed by atoms with Crippen LogP contribution in [0.2, 0.25) is 0 Å². The Morgan fingerprint density at radius 2 is 1.95 bits per heavy atom. The second kappa shape index (κ2) is 5.17. The zero-order chi connectivity index (χ0) is 14.1. The van der Waals surface area contributed by atoms with E-state index in [1.807, 2.05) is 24.4 Å². The van der Waals surface area contributed by atoms with Crippen LogP contribution in [0, 0.1) is 5.92 Å².